The van der Waals surface area contributed by atoms with E-state index in [9.17, 15) is 9.59 Å². The highest BCUT2D eigenvalue weighted by Gasteiger charge is 2.26. The molecule has 0 aliphatic heterocycles. The van der Waals surface area contributed by atoms with E-state index in [1.165, 1.54) is 19.3 Å². The molecule has 0 spiro atoms. The number of hydrogen-bond donors (Lipinski definition) is 1. The molecule has 4 heteroatoms. The number of Topliss-reactive ketones (excluding diaryl/α,β-unsaturated/α-hetero) is 1. The van der Waals surface area contributed by atoms with Crippen molar-refractivity contribution in [2.45, 2.75) is 65.5 Å². The first kappa shape index (κ1) is 17.7. The average molecular weight is 340 g/mol. The number of benzene rings is 1. The van der Waals surface area contributed by atoms with Crippen molar-refractivity contribution in [1.82, 2.24) is 9.88 Å². The maximum atomic E-state index is 12.8. The highest BCUT2D eigenvalue weighted by atomic mass is 16.2. The molecule has 1 aliphatic rings. The van der Waals surface area contributed by atoms with E-state index < -0.39 is 5.41 Å². The fraction of sp³-hybridized carbons (Fsp3) is 0.524. The van der Waals surface area contributed by atoms with Crippen molar-refractivity contribution in [3.63, 3.8) is 0 Å². The van der Waals surface area contributed by atoms with Crippen molar-refractivity contribution in [2.24, 2.45) is 5.41 Å². The minimum atomic E-state index is -0.445. The highest BCUT2D eigenvalue weighted by Crippen LogP contribution is 2.28. The van der Waals surface area contributed by atoms with Gasteiger partial charge in [0.1, 0.15) is 6.54 Å². The molecule has 0 unspecified atom stereocenters. The van der Waals surface area contributed by atoms with Gasteiger partial charge in [-0.3, -0.25) is 9.59 Å². The van der Waals surface area contributed by atoms with Crippen molar-refractivity contribution in [3.05, 3.63) is 36.0 Å². The molecule has 2 aromatic rings. The Labute approximate surface area is 149 Å². The molecule has 1 aromatic heterocycles. The molecule has 0 bridgehead atoms. The first-order chi connectivity index (χ1) is 11.9. The number of carbonyl (C=O) groups excluding carboxylic acids is 2. The summed E-state index contributed by atoms with van der Waals surface area (Å²) in [5.41, 5.74) is 1.20. The van der Waals surface area contributed by atoms with E-state index in [2.05, 4.69) is 5.32 Å². The Morgan fingerprint density at radius 1 is 1.12 bits per heavy atom. The molecule has 3 rings (SSSR count). The molecule has 1 fully saturated rings. The second-order valence-electron chi connectivity index (χ2n) is 8.17. The first-order valence-electron chi connectivity index (χ1n) is 9.28. The monoisotopic (exact) mass is 340 g/mol. The quantitative estimate of drug-likeness (QED) is 0.843. The molecular weight excluding hydrogens is 312 g/mol. The van der Waals surface area contributed by atoms with Gasteiger partial charge in [-0.05, 0) is 18.9 Å². The number of carbonyl (C=O) groups is 2. The average Bonchev–Trinajstić information content (AvgIpc) is 2.93. The number of aromatic nitrogens is 1. The maximum absolute atomic E-state index is 12.8. The minimum absolute atomic E-state index is 0.0300. The predicted octanol–water partition coefficient (Wildman–Crippen LogP) is 4.32. The molecule has 1 aliphatic carbocycles. The highest BCUT2D eigenvalue weighted by molar-refractivity contribution is 6.10. The van der Waals surface area contributed by atoms with E-state index in [1.807, 2.05) is 55.8 Å². The lowest BCUT2D eigenvalue weighted by Crippen LogP contribution is -2.38. The summed E-state index contributed by atoms with van der Waals surface area (Å²) in [7, 11) is 0. The topological polar surface area (TPSA) is 51.1 Å². The van der Waals surface area contributed by atoms with Crippen LogP contribution in [-0.4, -0.2) is 22.3 Å². The number of hydrogen-bond acceptors (Lipinski definition) is 2. The molecule has 1 N–H and O–H groups in total. The molecular formula is C21H28N2O2. The van der Waals surface area contributed by atoms with Gasteiger partial charge >= 0.3 is 0 Å². The van der Waals surface area contributed by atoms with Crippen molar-refractivity contribution in [2.75, 3.05) is 0 Å². The number of amides is 1. The van der Waals surface area contributed by atoms with Crippen LogP contribution in [0.3, 0.4) is 0 Å². The number of rotatable bonds is 4. The number of para-hydroxylation sites is 1. The zero-order chi connectivity index (χ0) is 18.0. The van der Waals surface area contributed by atoms with Crippen molar-refractivity contribution < 1.29 is 9.59 Å². The van der Waals surface area contributed by atoms with Crippen LogP contribution < -0.4 is 5.32 Å². The van der Waals surface area contributed by atoms with Crippen LogP contribution in [0.15, 0.2) is 30.5 Å². The normalized spacial score (nSPS) is 16.1. The van der Waals surface area contributed by atoms with E-state index >= 15 is 0 Å². The summed E-state index contributed by atoms with van der Waals surface area (Å²) in [5, 5.41) is 4.08. The Kier molecular flexibility index (Phi) is 4.98. The van der Waals surface area contributed by atoms with Crippen LogP contribution in [-0.2, 0) is 11.3 Å². The molecule has 1 amide bonds. The molecule has 4 nitrogen and oxygen atoms in total. The maximum Gasteiger partial charge on any atom is 0.240 e. The minimum Gasteiger partial charge on any atom is -0.352 e. The van der Waals surface area contributed by atoms with Gasteiger partial charge in [0.15, 0.2) is 5.78 Å². The molecule has 1 heterocycles. The van der Waals surface area contributed by atoms with Crippen LogP contribution in [0, 0.1) is 5.41 Å². The van der Waals surface area contributed by atoms with Crippen molar-refractivity contribution in [3.8, 4) is 0 Å². The number of fused-ring (bicyclic) bond motifs is 1. The van der Waals surface area contributed by atoms with Crippen molar-refractivity contribution in [1.29, 1.82) is 0 Å². The summed E-state index contributed by atoms with van der Waals surface area (Å²) < 4.78 is 1.91. The van der Waals surface area contributed by atoms with Crippen LogP contribution in [0.25, 0.3) is 10.9 Å². The van der Waals surface area contributed by atoms with E-state index in [0.29, 0.717) is 11.6 Å². The Morgan fingerprint density at radius 2 is 1.80 bits per heavy atom. The smallest absolute Gasteiger partial charge is 0.240 e. The van der Waals surface area contributed by atoms with E-state index in [-0.39, 0.29) is 18.2 Å². The van der Waals surface area contributed by atoms with Crippen LogP contribution in [0.2, 0.25) is 0 Å². The van der Waals surface area contributed by atoms with Gasteiger partial charge in [-0.2, -0.15) is 0 Å². The fourth-order valence-corrected chi connectivity index (χ4v) is 3.64. The van der Waals surface area contributed by atoms with Crippen LogP contribution in [0.4, 0.5) is 0 Å². The first-order valence-corrected chi connectivity index (χ1v) is 9.28. The number of nitrogens with zero attached hydrogens (tertiary/aromatic N) is 1. The van der Waals surface area contributed by atoms with Gasteiger partial charge in [0, 0.05) is 34.1 Å². The third kappa shape index (κ3) is 3.94. The number of ketones is 1. The molecule has 1 saturated carbocycles. The molecule has 1 aromatic carbocycles. The lowest BCUT2D eigenvalue weighted by molar-refractivity contribution is -0.122. The predicted molar refractivity (Wildman–Crippen MR) is 101 cm³/mol. The Bertz CT molecular complexity index is 777. The number of nitrogens with one attached hydrogen (secondary N) is 1. The van der Waals surface area contributed by atoms with Crippen molar-refractivity contribution >= 4 is 22.6 Å². The van der Waals surface area contributed by atoms with Gasteiger partial charge in [-0.15, -0.1) is 0 Å². The zero-order valence-electron chi connectivity index (χ0n) is 15.5. The van der Waals surface area contributed by atoms with E-state index in [0.717, 1.165) is 23.7 Å². The summed E-state index contributed by atoms with van der Waals surface area (Å²) in [5.74, 6) is 0.137. The molecule has 25 heavy (non-hydrogen) atoms. The van der Waals surface area contributed by atoms with Gasteiger partial charge < -0.3 is 9.88 Å². The summed E-state index contributed by atoms with van der Waals surface area (Å²) in [6.07, 6.45) is 7.66. The summed E-state index contributed by atoms with van der Waals surface area (Å²) in [4.78, 5) is 25.3. The second kappa shape index (κ2) is 7.03. The summed E-state index contributed by atoms with van der Waals surface area (Å²) in [6.45, 7) is 6.04. The Hall–Kier alpha value is -2.10. The largest absolute Gasteiger partial charge is 0.352 e. The molecule has 0 atom stereocenters. The van der Waals surface area contributed by atoms with E-state index in [1.54, 1.807) is 0 Å². The standard InChI is InChI=1S/C21H28N2O2/c1-21(2,3)20(25)17-13-23(18-12-8-7-11-16(17)18)14-19(24)22-15-9-5-4-6-10-15/h7-8,11-13,15H,4-6,9-10,14H2,1-3H3,(H,22,24). The molecule has 134 valence electrons. The SMILES string of the molecule is CC(C)(C)C(=O)c1cn(CC(=O)NC2CCCCC2)c2ccccc12. The summed E-state index contributed by atoms with van der Waals surface area (Å²) in [6, 6.07) is 8.13. The fourth-order valence-electron chi connectivity index (χ4n) is 3.64. The Morgan fingerprint density at radius 3 is 2.48 bits per heavy atom. The third-order valence-corrected chi connectivity index (χ3v) is 5.00. The van der Waals surface area contributed by atoms with Crippen LogP contribution in [0.5, 0.6) is 0 Å². The third-order valence-electron chi connectivity index (χ3n) is 5.00. The second-order valence-corrected chi connectivity index (χ2v) is 8.17. The van der Waals surface area contributed by atoms with Gasteiger partial charge in [0.25, 0.3) is 0 Å². The van der Waals surface area contributed by atoms with Gasteiger partial charge in [-0.25, -0.2) is 0 Å². The lowest BCUT2D eigenvalue weighted by Gasteiger charge is -2.22. The van der Waals surface area contributed by atoms with Gasteiger partial charge in [-0.1, -0.05) is 58.2 Å². The summed E-state index contributed by atoms with van der Waals surface area (Å²) >= 11 is 0. The Balaban J connectivity index is 1.84. The zero-order valence-corrected chi connectivity index (χ0v) is 15.5. The van der Waals surface area contributed by atoms with Crippen LogP contribution in [0.1, 0.15) is 63.2 Å². The molecule has 0 radical (unpaired) electrons. The van der Waals surface area contributed by atoms with Crippen LogP contribution >= 0.6 is 0 Å². The van der Waals surface area contributed by atoms with Gasteiger partial charge in [0.2, 0.25) is 5.91 Å². The lowest BCUT2D eigenvalue weighted by atomic mass is 9.86. The molecule has 0 saturated heterocycles. The van der Waals surface area contributed by atoms with Gasteiger partial charge in [0.05, 0.1) is 0 Å². The van der Waals surface area contributed by atoms with E-state index in [4.69, 9.17) is 0 Å².